The number of amides is 1. The molecule has 5 heteroatoms. The first-order valence-electron chi connectivity index (χ1n) is 4.54. The van der Waals surface area contributed by atoms with Crippen LogP contribution in [-0.2, 0) is 4.74 Å². The number of hydrogen-bond donors (Lipinski definition) is 1. The largest absolute Gasteiger partial charge is 0.383 e. The van der Waals surface area contributed by atoms with Crippen molar-refractivity contribution in [3.8, 4) is 0 Å². The first-order valence-corrected chi connectivity index (χ1v) is 5.62. The molecule has 0 spiro atoms. The van der Waals surface area contributed by atoms with E-state index in [1.165, 1.54) is 0 Å². The third-order valence-corrected chi connectivity index (χ3v) is 2.50. The van der Waals surface area contributed by atoms with Gasteiger partial charge in [0.05, 0.1) is 12.2 Å². The van der Waals surface area contributed by atoms with Gasteiger partial charge in [0.25, 0.3) is 5.91 Å². The molecule has 0 aliphatic heterocycles. The average molecular weight is 320 g/mol. The Morgan fingerprint density at radius 2 is 2.40 bits per heavy atom. The number of carbonyl (C=O) groups excluding carboxylic acids is 1. The molecule has 0 saturated heterocycles. The molecular formula is C10H13IN2O2. The third-order valence-electron chi connectivity index (χ3n) is 1.91. The number of carbonyl (C=O) groups is 1. The Balaban J connectivity index is 2.65. The summed E-state index contributed by atoms with van der Waals surface area (Å²) in [6.07, 6.45) is 1.60. The van der Waals surface area contributed by atoms with Gasteiger partial charge < -0.3 is 10.1 Å². The van der Waals surface area contributed by atoms with Crippen molar-refractivity contribution in [2.24, 2.45) is 0 Å². The molecule has 0 aromatic carbocycles. The topological polar surface area (TPSA) is 51.2 Å². The summed E-state index contributed by atoms with van der Waals surface area (Å²) >= 11 is 2.12. The molecule has 1 N–H and O–H groups in total. The van der Waals surface area contributed by atoms with E-state index < -0.39 is 0 Å². The average Bonchev–Trinajstić information content (AvgIpc) is 2.17. The summed E-state index contributed by atoms with van der Waals surface area (Å²) in [6.45, 7) is 2.93. The molecule has 1 amide bonds. The minimum atomic E-state index is -0.103. The fraction of sp³-hybridized carbons (Fsp3) is 0.400. The van der Waals surface area contributed by atoms with Crippen LogP contribution in [0, 0.1) is 10.6 Å². The van der Waals surface area contributed by atoms with Gasteiger partial charge >= 0.3 is 0 Å². The quantitative estimate of drug-likeness (QED) is 0.518. The van der Waals surface area contributed by atoms with Gasteiger partial charge in [-0.25, -0.2) is 4.98 Å². The molecule has 4 nitrogen and oxygen atoms in total. The number of halogens is 1. The molecule has 0 aliphatic carbocycles. The predicted molar refractivity (Wildman–Crippen MR) is 65.9 cm³/mol. The summed E-state index contributed by atoms with van der Waals surface area (Å²) in [4.78, 5) is 15.7. The lowest BCUT2D eigenvalue weighted by Crippen LogP contribution is -2.27. The van der Waals surface area contributed by atoms with E-state index in [4.69, 9.17) is 4.74 Å². The van der Waals surface area contributed by atoms with E-state index in [1.807, 2.05) is 13.0 Å². The van der Waals surface area contributed by atoms with Crippen LogP contribution in [0.5, 0.6) is 0 Å². The lowest BCUT2D eigenvalue weighted by molar-refractivity contribution is 0.0936. The molecule has 82 valence electrons. The van der Waals surface area contributed by atoms with E-state index in [1.54, 1.807) is 13.3 Å². The Morgan fingerprint density at radius 1 is 1.67 bits per heavy atom. The zero-order valence-electron chi connectivity index (χ0n) is 8.71. The Labute approximate surface area is 103 Å². The van der Waals surface area contributed by atoms with Crippen LogP contribution in [0.2, 0.25) is 0 Å². The number of nitrogens with one attached hydrogen (secondary N) is 1. The summed E-state index contributed by atoms with van der Waals surface area (Å²) in [6, 6.07) is 1.88. The van der Waals surface area contributed by atoms with Crippen molar-refractivity contribution in [1.29, 1.82) is 0 Å². The minimum Gasteiger partial charge on any atom is -0.383 e. The van der Waals surface area contributed by atoms with Crippen molar-refractivity contribution in [3.05, 3.63) is 27.1 Å². The lowest BCUT2D eigenvalue weighted by Gasteiger charge is -2.06. The van der Waals surface area contributed by atoms with E-state index in [0.717, 1.165) is 9.26 Å². The monoisotopic (exact) mass is 320 g/mol. The standard InChI is InChI=1S/C10H13IN2O2/c1-7-5-9(11)13-6-8(7)10(14)12-3-4-15-2/h5-6H,3-4H2,1-2H3,(H,12,14). The Morgan fingerprint density at radius 3 is 3.00 bits per heavy atom. The maximum absolute atomic E-state index is 11.6. The number of rotatable bonds is 4. The Hall–Kier alpha value is -0.690. The molecule has 0 atom stereocenters. The zero-order chi connectivity index (χ0) is 11.3. The van der Waals surface area contributed by atoms with E-state index >= 15 is 0 Å². The molecule has 1 heterocycles. The van der Waals surface area contributed by atoms with Gasteiger partial charge in [0.1, 0.15) is 3.70 Å². The maximum atomic E-state index is 11.6. The third kappa shape index (κ3) is 3.75. The summed E-state index contributed by atoms with van der Waals surface area (Å²) in [5.41, 5.74) is 1.55. The van der Waals surface area contributed by atoms with Crippen molar-refractivity contribution in [1.82, 2.24) is 10.3 Å². The molecule has 0 bridgehead atoms. The Kier molecular flexibility index (Phi) is 4.97. The fourth-order valence-electron chi connectivity index (χ4n) is 1.12. The van der Waals surface area contributed by atoms with E-state index in [9.17, 15) is 4.79 Å². The first kappa shape index (κ1) is 12.4. The summed E-state index contributed by atoms with van der Waals surface area (Å²) in [5, 5.41) is 2.75. The van der Waals surface area contributed by atoms with Crippen molar-refractivity contribution < 1.29 is 9.53 Å². The number of ether oxygens (including phenoxy) is 1. The molecule has 0 unspecified atom stereocenters. The predicted octanol–water partition coefficient (Wildman–Crippen LogP) is 1.37. The van der Waals surface area contributed by atoms with Crippen LogP contribution >= 0.6 is 22.6 Å². The molecule has 0 aliphatic rings. The van der Waals surface area contributed by atoms with Crippen molar-refractivity contribution in [3.63, 3.8) is 0 Å². The van der Waals surface area contributed by atoms with Gasteiger partial charge in [0.2, 0.25) is 0 Å². The zero-order valence-corrected chi connectivity index (χ0v) is 10.9. The van der Waals surface area contributed by atoms with Crippen LogP contribution in [0.25, 0.3) is 0 Å². The number of nitrogens with zero attached hydrogens (tertiary/aromatic N) is 1. The second-order valence-corrected chi connectivity index (χ2v) is 4.18. The fourth-order valence-corrected chi connectivity index (χ4v) is 1.73. The van der Waals surface area contributed by atoms with Gasteiger partial charge in [0, 0.05) is 19.9 Å². The van der Waals surface area contributed by atoms with Crippen LogP contribution < -0.4 is 5.32 Å². The van der Waals surface area contributed by atoms with Crippen LogP contribution in [-0.4, -0.2) is 31.2 Å². The molecule has 1 rings (SSSR count). The normalized spacial score (nSPS) is 10.1. The van der Waals surface area contributed by atoms with E-state index in [-0.39, 0.29) is 5.91 Å². The second-order valence-electron chi connectivity index (χ2n) is 3.07. The van der Waals surface area contributed by atoms with Crippen molar-refractivity contribution in [2.45, 2.75) is 6.92 Å². The number of aryl methyl sites for hydroxylation is 1. The van der Waals surface area contributed by atoms with Crippen LogP contribution in [0.15, 0.2) is 12.3 Å². The van der Waals surface area contributed by atoms with Gasteiger partial charge in [-0.3, -0.25) is 4.79 Å². The van der Waals surface area contributed by atoms with Gasteiger partial charge in [-0.05, 0) is 41.1 Å². The van der Waals surface area contributed by atoms with Crippen LogP contribution in [0.4, 0.5) is 0 Å². The minimum absolute atomic E-state index is 0.103. The van der Waals surface area contributed by atoms with Gasteiger partial charge in [-0.2, -0.15) is 0 Å². The molecule has 0 radical (unpaired) electrons. The van der Waals surface area contributed by atoms with Crippen LogP contribution in [0.1, 0.15) is 15.9 Å². The summed E-state index contributed by atoms with van der Waals surface area (Å²) in [7, 11) is 1.60. The summed E-state index contributed by atoms with van der Waals surface area (Å²) in [5.74, 6) is -0.103. The number of methoxy groups -OCH3 is 1. The molecule has 0 saturated carbocycles. The van der Waals surface area contributed by atoms with E-state index in [0.29, 0.717) is 18.7 Å². The number of hydrogen-bond acceptors (Lipinski definition) is 3. The molecule has 15 heavy (non-hydrogen) atoms. The lowest BCUT2D eigenvalue weighted by atomic mass is 10.1. The van der Waals surface area contributed by atoms with E-state index in [2.05, 4.69) is 32.9 Å². The highest BCUT2D eigenvalue weighted by atomic mass is 127. The van der Waals surface area contributed by atoms with Gasteiger partial charge in [-0.15, -0.1) is 0 Å². The van der Waals surface area contributed by atoms with Crippen molar-refractivity contribution in [2.75, 3.05) is 20.3 Å². The SMILES string of the molecule is COCCNC(=O)c1cnc(I)cc1C. The summed E-state index contributed by atoms with van der Waals surface area (Å²) < 4.78 is 5.73. The van der Waals surface area contributed by atoms with Crippen LogP contribution in [0.3, 0.4) is 0 Å². The highest BCUT2D eigenvalue weighted by Crippen LogP contribution is 2.09. The van der Waals surface area contributed by atoms with Gasteiger partial charge in [-0.1, -0.05) is 0 Å². The maximum Gasteiger partial charge on any atom is 0.253 e. The molecule has 0 fully saturated rings. The second kappa shape index (κ2) is 6.02. The smallest absolute Gasteiger partial charge is 0.253 e. The Bertz CT molecular complexity index is 355. The number of aromatic nitrogens is 1. The molecule has 1 aromatic heterocycles. The molecular weight excluding hydrogens is 307 g/mol. The first-order chi connectivity index (χ1) is 7.15. The van der Waals surface area contributed by atoms with Crippen molar-refractivity contribution >= 4 is 28.5 Å². The molecule has 1 aromatic rings. The van der Waals surface area contributed by atoms with Gasteiger partial charge in [0.15, 0.2) is 0 Å². The highest BCUT2D eigenvalue weighted by Gasteiger charge is 2.08. The highest BCUT2D eigenvalue weighted by molar-refractivity contribution is 14.1. The number of pyridine rings is 1.